The molecular weight excluding hydrogens is 244 g/mol. The molecule has 1 aromatic carbocycles. The van der Waals surface area contributed by atoms with Crippen LogP contribution in [0, 0.1) is 11.3 Å². The van der Waals surface area contributed by atoms with Crippen LogP contribution in [0.25, 0.3) is 0 Å². The number of likely N-dealkylation sites (tertiary alicyclic amines) is 1. The smallest absolute Gasteiger partial charge is 0.0233 e. The summed E-state index contributed by atoms with van der Waals surface area (Å²) >= 11 is 0. The molecule has 110 valence electrons. The van der Waals surface area contributed by atoms with E-state index in [1.54, 1.807) is 0 Å². The molecule has 1 aliphatic heterocycles. The molecule has 1 unspecified atom stereocenters. The topological polar surface area (TPSA) is 15.3 Å². The van der Waals surface area contributed by atoms with Crippen molar-refractivity contribution in [2.24, 2.45) is 11.3 Å². The number of benzene rings is 1. The molecule has 0 aromatic heterocycles. The third kappa shape index (κ3) is 3.62. The van der Waals surface area contributed by atoms with Crippen LogP contribution in [0.5, 0.6) is 0 Å². The summed E-state index contributed by atoms with van der Waals surface area (Å²) in [5, 5.41) is 3.80. The zero-order valence-electron chi connectivity index (χ0n) is 12.9. The second-order valence-electron chi connectivity index (χ2n) is 7.33. The Kier molecular flexibility index (Phi) is 4.13. The number of rotatable bonds is 5. The Labute approximate surface area is 123 Å². The van der Waals surface area contributed by atoms with E-state index in [-0.39, 0.29) is 0 Å². The molecule has 2 heteroatoms. The summed E-state index contributed by atoms with van der Waals surface area (Å²) in [6.45, 7) is 9.60. The minimum atomic E-state index is 0.612. The van der Waals surface area contributed by atoms with Gasteiger partial charge in [-0.15, -0.1) is 0 Å². The first-order chi connectivity index (χ1) is 9.63. The third-order valence-electron chi connectivity index (χ3n) is 5.21. The van der Waals surface area contributed by atoms with Crippen LogP contribution in [0.15, 0.2) is 30.3 Å². The predicted molar refractivity (Wildman–Crippen MR) is 84.6 cm³/mol. The number of nitrogens with one attached hydrogen (secondary N) is 1. The molecule has 0 radical (unpaired) electrons. The monoisotopic (exact) mass is 272 g/mol. The second-order valence-corrected chi connectivity index (χ2v) is 7.33. The Morgan fingerprint density at radius 3 is 2.40 bits per heavy atom. The number of hydrogen-bond donors (Lipinski definition) is 1. The first kappa shape index (κ1) is 14.1. The molecule has 1 saturated heterocycles. The van der Waals surface area contributed by atoms with E-state index in [0.717, 1.165) is 18.5 Å². The van der Waals surface area contributed by atoms with E-state index in [4.69, 9.17) is 0 Å². The molecule has 3 rings (SSSR count). The fourth-order valence-corrected chi connectivity index (χ4v) is 3.37. The summed E-state index contributed by atoms with van der Waals surface area (Å²) in [6, 6.07) is 11.6. The van der Waals surface area contributed by atoms with Crippen LogP contribution in [-0.4, -0.2) is 30.6 Å². The molecule has 0 amide bonds. The normalized spacial score (nSPS) is 26.6. The van der Waals surface area contributed by atoms with Crippen molar-refractivity contribution in [2.45, 2.75) is 45.7 Å². The summed E-state index contributed by atoms with van der Waals surface area (Å²) in [7, 11) is 0. The van der Waals surface area contributed by atoms with Gasteiger partial charge in [0.2, 0.25) is 0 Å². The van der Waals surface area contributed by atoms with Gasteiger partial charge in [-0.1, -0.05) is 44.2 Å². The molecule has 2 fully saturated rings. The Balaban J connectivity index is 1.37. The Bertz CT molecular complexity index is 418. The van der Waals surface area contributed by atoms with Gasteiger partial charge in [0.05, 0.1) is 0 Å². The van der Waals surface area contributed by atoms with E-state index in [1.165, 1.54) is 44.5 Å². The average molecular weight is 272 g/mol. The van der Waals surface area contributed by atoms with Gasteiger partial charge in [0.1, 0.15) is 0 Å². The highest BCUT2D eigenvalue weighted by Crippen LogP contribution is 2.51. The van der Waals surface area contributed by atoms with Gasteiger partial charge in [-0.2, -0.15) is 0 Å². The molecule has 0 spiro atoms. The van der Waals surface area contributed by atoms with Crippen molar-refractivity contribution in [3.63, 3.8) is 0 Å². The first-order valence-corrected chi connectivity index (χ1v) is 8.13. The van der Waals surface area contributed by atoms with Crippen LogP contribution >= 0.6 is 0 Å². The van der Waals surface area contributed by atoms with Gasteiger partial charge in [-0.05, 0) is 55.8 Å². The molecule has 1 heterocycles. The van der Waals surface area contributed by atoms with Crippen LogP contribution in [-0.2, 0) is 6.54 Å². The molecule has 1 N–H and O–H groups in total. The summed E-state index contributed by atoms with van der Waals surface area (Å²) in [6.07, 6.45) is 4.02. The maximum atomic E-state index is 3.80. The van der Waals surface area contributed by atoms with Gasteiger partial charge in [0.25, 0.3) is 0 Å². The van der Waals surface area contributed by atoms with Crippen LogP contribution in [0.3, 0.4) is 0 Å². The summed E-state index contributed by atoms with van der Waals surface area (Å²) in [5.41, 5.74) is 2.06. The second kappa shape index (κ2) is 5.87. The Morgan fingerprint density at radius 1 is 1.15 bits per heavy atom. The van der Waals surface area contributed by atoms with Gasteiger partial charge < -0.3 is 5.32 Å². The van der Waals surface area contributed by atoms with E-state index < -0.39 is 0 Å². The van der Waals surface area contributed by atoms with Crippen molar-refractivity contribution in [3.8, 4) is 0 Å². The largest absolute Gasteiger partial charge is 0.314 e. The number of piperidine rings is 1. The maximum Gasteiger partial charge on any atom is 0.0233 e. The van der Waals surface area contributed by atoms with Gasteiger partial charge in [-0.3, -0.25) is 4.90 Å². The summed E-state index contributed by atoms with van der Waals surface area (Å²) in [4.78, 5) is 2.59. The summed E-state index contributed by atoms with van der Waals surface area (Å²) in [5.74, 6) is 0.921. The molecule has 1 atom stereocenters. The van der Waals surface area contributed by atoms with Gasteiger partial charge in [0, 0.05) is 12.6 Å². The van der Waals surface area contributed by atoms with Crippen molar-refractivity contribution < 1.29 is 0 Å². The molecule has 1 aliphatic carbocycles. The van der Waals surface area contributed by atoms with Gasteiger partial charge in [-0.25, -0.2) is 0 Å². The average Bonchev–Trinajstić information content (AvgIpc) is 3.07. The SMILES string of the molecule is CC1(C)CC1CNC1CCN(Cc2ccccc2)CC1. The summed E-state index contributed by atoms with van der Waals surface area (Å²) < 4.78 is 0. The van der Waals surface area contributed by atoms with Crippen LogP contribution in [0.1, 0.15) is 38.7 Å². The van der Waals surface area contributed by atoms with Crippen molar-refractivity contribution >= 4 is 0 Å². The van der Waals surface area contributed by atoms with Crippen molar-refractivity contribution in [2.75, 3.05) is 19.6 Å². The van der Waals surface area contributed by atoms with E-state index in [2.05, 4.69) is 54.4 Å². The first-order valence-electron chi connectivity index (χ1n) is 8.13. The zero-order valence-corrected chi connectivity index (χ0v) is 12.9. The van der Waals surface area contributed by atoms with Crippen molar-refractivity contribution in [1.82, 2.24) is 10.2 Å². The molecule has 2 aliphatic rings. The van der Waals surface area contributed by atoms with Crippen molar-refractivity contribution in [3.05, 3.63) is 35.9 Å². The maximum absolute atomic E-state index is 3.80. The van der Waals surface area contributed by atoms with Gasteiger partial charge >= 0.3 is 0 Å². The fraction of sp³-hybridized carbons (Fsp3) is 0.667. The van der Waals surface area contributed by atoms with E-state index in [1.807, 2.05) is 0 Å². The zero-order chi connectivity index (χ0) is 14.0. The molecular formula is C18H28N2. The predicted octanol–water partition coefficient (Wildman–Crippen LogP) is 3.29. The lowest BCUT2D eigenvalue weighted by Gasteiger charge is -2.32. The highest BCUT2D eigenvalue weighted by Gasteiger charge is 2.45. The van der Waals surface area contributed by atoms with E-state index in [9.17, 15) is 0 Å². The van der Waals surface area contributed by atoms with E-state index in [0.29, 0.717) is 5.41 Å². The Hall–Kier alpha value is -0.860. The van der Waals surface area contributed by atoms with Gasteiger partial charge in [0.15, 0.2) is 0 Å². The number of hydrogen-bond acceptors (Lipinski definition) is 2. The lowest BCUT2D eigenvalue weighted by Crippen LogP contribution is -2.42. The quantitative estimate of drug-likeness (QED) is 0.885. The molecule has 0 bridgehead atoms. The standard InChI is InChI=1S/C18H28N2/c1-18(2)12-16(18)13-19-17-8-10-20(11-9-17)14-15-6-4-3-5-7-15/h3-7,16-17,19H,8-14H2,1-2H3. The minimum Gasteiger partial charge on any atom is -0.314 e. The number of nitrogens with zero attached hydrogens (tertiary/aromatic N) is 1. The van der Waals surface area contributed by atoms with Crippen LogP contribution in [0.2, 0.25) is 0 Å². The Morgan fingerprint density at radius 2 is 1.80 bits per heavy atom. The van der Waals surface area contributed by atoms with Crippen LogP contribution < -0.4 is 5.32 Å². The third-order valence-corrected chi connectivity index (χ3v) is 5.21. The molecule has 1 saturated carbocycles. The molecule has 1 aromatic rings. The van der Waals surface area contributed by atoms with Crippen molar-refractivity contribution in [1.29, 1.82) is 0 Å². The highest BCUT2D eigenvalue weighted by molar-refractivity contribution is 5.14. The highest BCUT2D eigenvalue weighted by atomic mass is 15.1. The molecule has 2 nitrogen and oxygen atoms in total. The fourth-order valence-electron chi connectivity index (χ4n) is 3.37. The van der Waals surface area contributed by atoms with Crippen LogP contribution in [0.4, 0.5) is 0 Å². The lowest BCUT2D eigenvalue weighted by molar-refractivity contribution is 0.189. The van der Waals surface area contributed by atoms with E-state index >= 15 is 0 Å². The molecule has 20 heavy (non-hydrogen) atoms. The minimum absolute atomic E-state index is 0.612. The lowest BCUT2D eigenvalue weighted by atomic mass is 10.0.